The summed E-state index contributed by atoms with van der Waals surface area (Å²) < 4.78 is 9.68. The van der Waals surface area contributed by atoms with Crippen LogP contribution in [0.4, 0.5) is 5.69 Å². The van der Waals surface area contributed by atoms with Crippen LogP contribution in [0.5, 0.6) is 5.75 Å². The standard InChI is InChI=1S/C11H12BrNO4/c1-16-9-5-7(11(15)17-2)3-4-8(9)13-10(14)6-12/h3-5H,6H2,1-2H3,(H,13,14). The summed E-state index contributed by atoms with van der Waals surface area (Å²) in [5.74, 6) is -0.252. The van der Waals surface area contributed by atoms with Crippen molar-refractivity contribution in [3.63, 3.8) is 0 Å². The van der Waals surface area contributed by atoms with Gasteiger partial charge in [-0.05, 0) is 18.2 Å². The minimum absolute atomic E-state index is 0.189. The number of esters is 1. The molecule has 92 valence electrons. The molecule has 0 aliphatic rings. The number of alkyl halides is 1. The number of benzene rings is 1. The number of halogens is 1. The Labute approximate surface area is 107 Å². The molecule has 17 heavy (non-hydrogen) atoms. The van der Waals surface area contributed by atoms with Gasteiger partial charge in [-0.15, -0.1) is 0 Å². The molecule has 0 aromatic heterocycles. The Morgan fingerprint density at radius 2 is 2.06 bits per heavy atom. The van der Waals surface area contributed by atoms with Gasteiger partial charge in [0.1, 0.15) is 5.75 Å². The van der Waals surface area contributed by atoms with Crippen LogP contribution in [0.2, 0.25) is 0 Å². The van der Waals surface area contributed by atoms with Crippen LogP contribution >= 0.6 is 15.9 Å². The second kappa shape index (κ2) is 6.24. The van der Waals surface area contributed by atoms with Crippen molar-refractivity contribution in [3.05, 3.63) is 23.8 Å². The summed E-state index contributed by atoms with van der Waals surface area (Å²) in [6, 6.07) is 4.65. The van der Waals surface area contributed by atoms with E-state index in [1.54, 1.807) is 12.1 Å². The predicted molar refractivity (Wildman–Crippen MR) is 66.8 cm³/mol. The first-order valence-electron chi connectivity index (χ1n) is 4.74. The molecule has 1 aromatic carbocycles. The molecule has 1 N–H and O–H groups in total. The van der Waals surface area contributed by atoms with E-state index in [4.69, 9.17) is 4.74 Å². The minimum Gasteiger partial charge on any atom is -0.495 e. The van der Waals surface area contributed by atoms with E-state index in [2.05, 4.69) is 26.0 Å². The van der Waals surface area contributed by atoms with Gasteiger partial charge in [-0.25, -0.2) is 4.79 Å². The molecular weight excluding hydrogens is 290 g/mol. The first kappa shape index (κ1) is 13.5. The van der Waals surface area contributed by atoms with Gasteiger partial charge in [0.25, 0.3) is 0 Å². The Kier molecular flexibility index (Phi) is 4.96. The predicted octanol–water partition coefficient (Wildman–Crippen LogP) is 1.82. The zero-order chi connectivity index (χ0) is 12.8. The number of carbonyl (C=O) groups excluding carboxylic acids is 2. The van der Waals surface area contributed by atoms with E-state index in [9.17, 15) is 9.59 Å². The van der Waals surface area contributed by atoms with E-state index in [-0.39, 0.29) is 11.2 Å². The third kappa shape index (κ3) is 3.45. The number of rotatable bonds is 4. The summed E-state index contributed by atoms with van der Waals surface area (Å²) in [5, 5.41) is 2.82. The molecule has 0 atom stereocenters. The van der Waals surface area contributed by atoms with Crippen LogP contribution in [0.25, 0.3) is 0 Å². The highest BCUT2D eigenvalue weighted by Crippen LogP contribution is 2.25. The van der Waals surface area contributed by atoms with Crippen LogP contribution in [0.1, 0.15) is 10.4 Å². The first-order valence-corrected chi connectivity index (χ1v) is 5.86. The smallest absolute Gasteiger partial charge is 0.337 e. The number of anilines is 1. The van der Waals surface area contributed by atoms with Gasteiger partial charge < -0.3 is 14.8 Å². The van der Waals surface area contributed by atoms with E-state index < -0.39 is 5.97 Å². The van der Waals surface area contributed by atoms with Gasteiger partial charge in [0.15, 0.2) is 0 Å². The average molecular weight is 302 g/mol. The third-order valence-corrected chi connectivity index (χ3v) is 2.53. The first-order chi connectivity index (χ1) is 8.12. The fourth-order valence-corrected chi connectivity index (χ4v) is 1.36. The number of methoxy groups -OCH3 is 2. The van der Waals surface area contributed by atoms with E-state index in [0.29, 0.717) is 17.0 Å². The minimum atomic E-state index is -0.457. The second-order valence-electron chi connectivity index (χ2n) is 3.09. The zero-order valence-electron chi connectivity index (χ0n) is 9.45. The van der Waals surface area contributed by atoms with Gasteiger partial charge in [0.2, 0.25) is 5.91 Å². The van der Waals surface area contributed by atoms with Crippen molar-refractivity contribution in [2.24, 2.45) is 0 Å². The van der Waals surface area contributed by atoms with E-state index in [1.165, 1.54) is 20.3 Å². The number of hydrogen-bond donors (Lipinski definition) is 1. The lowest BCUT2D eigenvalue weighted by Gasteiger charge is -2.10. The van der Waals surface area contributed by atoms with Gasteiger partial charge in [-0.3, -0.25) is 4.79 Å². The number of ether oxygens (including phenoxy) is 2. The Balaban J connectivity index is 3.01. The largest absolute Gasteiger partial charge is 0.495 e. The fourth-order valence-electron chi connectivity index (χ4n) is 1.22. The second-order valence-corrected chi connectivity index (χ2v) is 3.65. The lowest BCUT2D eigenvalue weighted by atomic mass is 10.2. The Bertz CT molecular complexity index is 433. The van der Waals surface area contributed by atoms with E-state index in [0.717, 1.165) is 0 Å². The number of amides is 1. The van der Waals surface area contributed by atoms with Gasteiger partial charge in [0, 0.05) is 0 Å². The molecular formula is C11H12BrNO4. The third-order valence-electron chi connectivity index (χ3n) is 2.02. The lowest BCUT2D eigenvalue weighted by molar-refractivity contribution is -0.113. The van der Waals surface area contributed by atoms with Crippen LogP contribution in [0.3, 0.4) is 0 Å². The van der Waals surface area contributed by atoms with Gasteiger partial charge in [-0.1, -0.05) is 15.9 Å². The molecule has 1 rings (SSSR count). The zero-order valence-corrected chi connectivity index (χ0v) is 11.0. The summed E-state index contributed by atoms with van der Waals surface area (Å²) in [4.78, 5) is 22.5. The molecule has 0 unspecified atom stereocenters. The van der Waals surface area contributed by atoms with Crippen LogP contribution in [-0.2, 0) is 9.53 Å². The molecule has 0 fully saturated rings. The molecule has 6 heteroatoms. The molecule has 0 aliphatic carbocycles. The molecule has 0 heterocycles. The Hall–Kier alpha value is -1.56. The molecule has 0 saturated heterocycles. The van der Waals surface area contributed by atoms with Crippen molar-refractivity contribution in [2.75, 3.05) is 24.9 Å². The topological polar surface area (TPSA) is 64.6 Å². The molecule has 0 spiro atoms. The number of nitrogens with one attached hydrogen (secondary N) is 1. The fraction of sp³-hybridized carbons (Fsp3) is 0.273. The lowest BCUT2D eigenvalue weighted by Crippen LogP contribution is -2.13. The van der Waals surface area contributed by atoms with Crippen molar-refractivity contribution in [1.29, 1.82) is 0 Å². The number of hydrogen-bond acceptors (Lipinski definition) is 4. The van der Waals surface area contributed by atoms with Crippen molar-refractivity contribution < 1.29 is 19.1 Å². The highest BCUT2D eigenvalue weighted by molar-refractivity contribution is 9.09. The van der Waals surface area contributed by atoms with E-state index >= 15 is 0 Å². The molecule has 0 radical (unpaired) electrons. The molecule has 0 aliphatic heterocycles. The monoisotopic (exact) mass is 301 g/mol. The SMILES string of the molecule is COC(=O)c1ccc(NC(=O)CBr)c(OC)c1. The van der Waals surface area contributed by atoms with Crippen molar-refractivity contribution in [3.8, 4) is 5.75 Å². The van der Waals surface area contributed by atoms with Crippen molar-refractivity contribution in [2.45, 2.75) is 0 Å². The molecule has 0 bridgehead atoms. The van der Waals surface area contributed by atoms with Crippen LogP contribution in [0, 0.1) is 0 Å². The average Bonchev–Trinajstić information content (AvgIpc) is 2.37. The molecule has 5 nitrogen and oxygen atoms in total. The van der Waals surface area contributed by atoms with Crippen LogP contribution < -0.4 is 10.1 Å². The van der Waals surface area contributed by atoms with Gasteiger partial charge >= 0.3 is 5.97 Å². The van der Waals surface area contributed by atoms with Gasteiger partial charge in [0.05, 0.1) is 30.8 Å². The summed E-state index contributed by atoms with van der Waals surface area (Å²) >= 11 is 3.04. The molecule has 1 amide bonds. The molecule has 1 aromatic rings. The summed E-state index contributed by atoms with van der Waals surface area (Å²) in [7, 11) is 2.76. The maximum Gasteiger partial charge on any atom is 0.337 e. The van der Waals surface area contributed by atoms with E-state index in [1.807, 2.05) is 0 Å². The van der Waals surface area contributed by atoms with Gasteiger partial charge in [-0.2, -0.15) is 0 Å². The van der Waals surface area contributed by atoms with Crippen LogP contribution in [-0.4, -0.2) is 31.4 Å². The normalized spacial score (nSPS) is 9.59. The highest BCUT2D eigenvalue weighted by atomic mass is 79.9. The molecule has 0 saturated carbocycles. The summed E-state index contributed by atoms with van der Waals surface area (Å²) in [6.07, 6.45) is 0. The highest BCUT2D eigenvalue weighted by Gasteiger charge is 2.11. The maximum atomic E-state index is 11.3. The maximum absolute atomic E-state index is 11.3. The van der Waals surface area contributed by atoms with Crippen LogP contribution in [0.15, 0.2) is 18.2 Å². The quantitative estimate of drug-likeness (QED) is 0.680. The summed E-state index contributed by atoms with van der Waals surface area (Å²) in [5.41, 5.74) is 0.866. The Morgan fingerprint density at radius 1 is 1.35 bits per heavy atom. The van der Waals surface area contributed by atoms with Crippen molar-refractivity contribution >= 4 is 33.5 Å². The van der Waals surface area contributed by atoms with Crippen molar-refractivity contribution in [1.82, 2.24) is 0 Å². The number of carbonyl (C=O) groups is 2. The Morgan fingerprint density at radius 3 is 2.59 bits per heavy atom. The summed E-state index contributed by atoms with van der Waals surface area (Å²) in [6.45, 7) is 0.